The van der Waals surface area contributed by atoms with Crippen molar-refractivity contribution in [1.29, 1.82) is 0 Å². The number of aryl methyl sites for hydroxylation is 1. The number of nitrogens with one attached hydrogen (secondary N) is 2. The SMILES string of the molecule is C=CCOc1ccc(NC(=O)c2cccc(S(=O)(=O)Nc3ccccc3C)c2)cc1. The zero-order valence-corrected chi connectivity index (χ0v) is 17.3. The Morgan fingerprint density at radius 2 is 1.77 bits per heavy atom. The fraction of sp³-hybridized carbons (Fsp3) is 0.0870. The summed E-state index contributed by atoms with van der Waals surface area (Å²) in [7, 11) is -3.83. The highest BCUT2D eigenvalue weighted by molar-refractivity contribution is 7.92. The summed E-state index contributed by atoms with van der Waals surface area (Å²) in [4.78, 5) is 12.6. The van der Waals surface area contributed by atoms with Gasteiger partial charge in [-0.15, -0.1) is 0 Å². The van der Waals surface area contributed by atoms with E-state index in [9.17, 15) is 13.2 Å². The second kappa shape index (κ2) is 9.28. The van der Waals surface area contributed by atoms with Gasteiger partial charge >= 0.3 is 0 Å². The van der Waals surface area contributed by atoms with E-state index in [1.54, 1.807) is 48.5 Å². The first-order valence-corrected chi connectivity index (χ1v) is 10.7. The van der Waals surface area contributed by atoms with E-state index in [0.29, 0.717) is 23.7 Å². The van der Waals surface area contributed by atoms with Crippen LogP contribution in [0.5, 0.6) is 5.75 Å². The van der Waals surface area contributed by atoms with Crippen molar-refractivity contribution in [3.05, 3.63) is 96.6 Å². The van der Waals surface area contributed by atoms with Crippen LogP contribution in [-0.4, -0.2) is 20.9 Å². The quantitative estimate of drug-likeness (QED) is 0.519. The molecule has 0 spiro atoms. The molecule has 154 valence electrons. The number of carbonyl (C=O) groups is 1. The number of hydrogen-bond acceptors (Lipinski definition) is 4. The Morgan fingerprint density at radius 1 is 1.03 bits per heavy atom. The molecule has 0 atom stereocenters. The van der Waals surface area contributed by atoms with Crippen molar-refractivity contribution >= 4 is 27.3 Å². The molecule has 0 bridgehead atoms. The molecule has 0 heterocycles. The van der Waals surface area contributed by atoms with Crippen LogP contribution in [-0.2, 0) is 10.0 Å². The van der Waals surface area contributed by atoms with Crippen molar-refractivity contribution in [3.63, 3.8) is 0 Å². The molecule has 0 radical (unpaired) electrons. The maximum atomic E-state index is 12.7. The van der Waals surface area contributed by atoms with E-state index in [-0.39, 0.29) is 10.5 Å². The van der Waals surface area contributed by atoms with Crippen LogP contribution in [0.2, 0.25) is 0 Å². The van der Waals surface area contributed by atoms with Crippen LogP contribution in [0.3, 0.4) is 0 Å². The topological polar surface area (TPSA) is 84.5 Å². The summed E-state index contributed by atoms with van der Waals surface area (Å²) in [6, 6.07) is 19.8. The lowest BCUT2D eigenvalue weighted by Crippen LogP contribution is -2.16. The lowest BCUT2D eigenvalue weighted by molar-refractivity contribution is 0.102. The Morgan fingerprint density at radius 3 is 2.47 bits per heavy atom. The molecular weight excluding hydrogens is 400 g/mol. The second-order valence-corrected chi connectivity index (χ2v) is 8.21. The molecule has 2 N–H and O–H groups in total. The van der Waals surface area contributed by atoms with Gasteiger partial charge in [-0.05, 0) is 61.0 Å². The predicted molar refractivity (Wildman–Crippen MR) is 119 cm³/mol. The summed E-state index contributed by atoms with van der Waals surface area (Å²) in [5.41, 5.74) is 2.09. The Balaban J connectivity index is 1.75. The number of amides is 1. The van der Waals surface area contributed by atoms with Crippen molar-refractivity contribution in [3.8, 4) is 5.75 Å². The number of para-hydroxylation sites is 1. The fourth-order valence-electron chi connectivity index (χ4n) is 2.69. The van der Waals surface area contributed by atoms with Crippen LogP contribution in [0.4, 0.5) is 11.4 Å². The van der Waals surface area contributed by atoms with E-state index in [2.05, 4.69) is 16.6 Å². The number of rotatable bonds is 8. The highest BCUT2D eigenvalue weighted by atomic mass is 32.2. The zero-order chi connectivity index (χ0) is 21.6. The third-order valence-corrected chi connectivity index (χ3v) is 5.64. The summed E-state index contributed by atoms with van der Waals surface area (Å²) < 4.78 is 33.5. The Labute approximate surface area is 176 Å². The smallest absolute Gasteiger partial charge is 0.261 e. The third kappa shape index (κ3) is 5.27. The van der Waals surface area contributed by atoms with Crippen molar-refractivity contribution in [2.24, 2.45) is 0 Å². The Kier molecular flexibility index (Phi) is 6.54. The summed E-state index contributed by atoms with van der Waals surface area (Å²) in [6.45, 7) is 5.80. The standard InChI is InChI=1S/C23H22N2O4S/c1-3-15-29-20-13-11-19(12-14-20)24-23(26)18-8-6-9-21(16-18)30(27,28)25-22-10-5-4-7-17(22)2/h3-14,16,25H,1,15H2,2H3,(H,24,26). The highest BCUT2D eigenvalue weighted by Gasteiger charge is 2.17. The van der Waals surface area contributed by atoms with Gasteiger partial charge in [-0.3, -0.25) is 9.52 Å². The van der Waals surface area contributed by atoms with Gasteiger partial charge in [-0.1, -0.05) is 36.9 Å². The number of anilines is 2. The van der Waals surface area contributed by atoms with Gasteiger partial charge in [0.1, 0.15) is 12.4 Å². The van der Waals surface area contributed by atoms with Crippen molar-refractivity contribution in [2.75, 3.05) is 16.6 Å². The van der Waals surface area contributed by atoms with Gasteiger partial charge in [0, 0.05) is 11.3 Å². The van der Waals surface area contributed by atoms with Crippen LogP contribution in [0, 0.1) is 6.92 Å². The summed E-state index contributed by atoms with van der Waals surface area (Å²) in [6.07, 6.45) is 1.64. The van der Waals surface area contributed by atoms with Crippen LogP contribution >= 0.6 is 0 Å². The molecule has 6 nitrogen and oxygen atoms in total. The first-order valence-electron chi connectivity index (χ1n) is 9.23. The normalized spacial score (nSPS) is 10.8. The maximum Gasteiger partial charge on any atom is 0.261 e. The van der Waals surface area contributed by atoms with Gasteiger partial charge in [0.25, 0.3) is 15.9 Å². The van der Waals surface area contributed by atoms with Crippen LogP contribution in [0.1, 0.15) is 15.9 Å². The monoisotopic (exact) mass is 422 g/mol. The molecule has 0 aliphatic rings. The highest BCUT2D eigenvalue weighted by Crippen LogP contribution is 2.21. The lowest BCUT2D eigenvalue weighted by atomic mass is 10.2. The molecule has 3 aromatic carbocycles. The molecule has 0 saturated heterocycles. The van der Waals surface area contributed by atoms with Crippen molar-refractivity contribution in [1.82, 2.24) is 0 Å². The van der Waals surface area contributed by atoms with E-state index < -0.39 is 15.9 Å². The molecule has 7 heteroatoms. The van der Waals surface area contributed by atoms with E-state index >= 15 is 0 Å². The molecule has 0 saturated carbocycles. The molecule has 3 aromatic rings. The molecule has 0 aliphatic carbocycles. The summed E-state index contributed by atoms with van der Waals surface area (Å²) >= 11 is 0. The van der Waals surface area contributed by atoms with Gasteiger partial charge in [0.2, 0.25) is 0 Å². The molecule has 30 heavy (non-hydrogen) atoms. The molecule has 0 aromatic heterocycles. The number of ether oxygens (including phenoxy) is 1. The average Bonchev–Trinajstić information content (AvgIpc) is 2.75. The molecule has 0 unspecified atom stereocenters. The number of hydrogen-bond donors (Lipinski definition) is 2. The van der Waals surface area contributed by atoms with E-state index in [1.165, 1.54) is 18.2 Å². The molecule has 1 amide bonds. The third-order valence-electron chi connectivity index (χ3n) is 4.28. The Hall–Kier alpha value is -3.58. The van der Waals surface area contributed by atoms with E-state index in [1.807, 2.05) is 19.1 Å². The molecule has 3 rings (SSSR count). The number of carbonyl (C=O) groups excluding carboxylic acids is 1. The number of benzene rings is 3. The minimum Gasteiger partial charge on any atom is -0.490 e. The van der Waals surface area contributed by atoms with Gasteiger partial charge in [-0.2, -0.15) is 0 Å². The molecule has 0 aliphatic heterocycles. The van der Waals surface area contributed by atoms with Crippen LogP contribution < -0.4 is 14.8 Å². The van der Waals surface area contributed by atoms with Crippen molar-refractivity contribution < 1.29 is 17.9 Å². The first kappa shape index (κ1) is 21.1. The minimum absolute atomic E-state index is 0.00609. The largest absolute Gasteiger partial charge is 0.490 e. The predicted octanol–water partition coefficient (Wildman–Crippen LogP) is 4.61. The number of sulfonamides is 1. The minimum atomic E-state index is -3.83. The van der Waals surface area contributed by atoms with Crippen LogP contribution in [0.25, 0.3) is 0 Å². The second-order valence-electron chi connectivity index (χ2n) is 6.53. The van der Waals surface area contributed by atoms with Gasteiger partial charge in [0.15, 0.2) is 0 Å². The molecular formula is C23H22N2O4S. The maximum absolute atomic E-state index is 12.7. The zero-order valence-electron chi connectivity index (χ0n) is 16.5. The van der Waals surface area contributed by atoms with E-state index in [0.717, 1.165) is 5.56 Å². The molecule has 0 fully saturated rings. The van der Waals surface area contributed by atoms with Crippen molar-refractivity contribution in [2.45, 2.75) is 11.8 Å². The average molecular weight is 423 g/mol. The summed E-state index contributed by atoms with van der Waals surface area (Å²) in [5.74, 6) is 0.242. The van der Waals surface area contributed by atoms with Gasteiger partial charge < -0.3 is 10.1 Å². The first-order chi connectivity index (χ1) is 14.4. The Bertz CT molecular complexity index is 1160. The van der Waals surface area contributed by atoms with Crippen LogP contribution in [0.15, 0.2) is 90.3 Å². The van der Waals surface area contributed by atoms with E-state index in [4.69, 9.17) is 4.74 Å². The fourth-order valence-corrected chi connectivity index (χ4v) is 3.86. The van der Waals surface area contributed by atoms with Gasteiger partial charge in [0.05, 0.1) is 10.6 Å². The lowest BCUT2D eigenvalue weighted by Gasteiger charge is -2.12. The van der Waals surface area contributed by atoms with Gasteiger partial charge in [-0.25, -0.2) is 8.42 Å². The summed E-state index contributed by atoms with van der Waals surface area (Å²) in [5, 5.41) is 2.75.